The first-order chi connectivity index (χ1) is 8.50. The lowest BCUT2D eigenvalue weighted by molar-refractivity contribution is 0.103. The van der Waals surface area contributed by atoms with Crippen LogP contribution in [0.1, 0.15) is 32.4 Å². The van der Waals surface area contributed by atoms with Crippen molar-refractivity contribution in [3.63, 3.8) is 0 Å². The molecule has 1 saturated heterocycles. The van der Waals surface area contributed by atoms with E-state index < -0.39 is 0 Å². The molecule has 1 fully saturated rings. The van der Waals surface area contributed by atoms with Gasteiger partial charge >= 0.3 is 0 Å². The van der Waals surface area contributed by atoms with Gasteiger partial charge in [0.2, 0.25) is 0 Å². The molecule has 0 spiro atoms. The molecular weight excluding hydrogens is 267 g/mol. The van der Waals surface area contributed by atoms with E-state index in [1.54, 1.807) is 0 Å². The molecule has 100 valence electrons. The van der Waals surface area contributed by atoms with Crippen LogP contribution in [-0.4, -0.2) is 30.1 Å². The molecule has 2 nitrogen and oxygen atoms in total. The molecule has 18 heavy (non-hydrogen) atoms. The van der Waals surface area contributed by atoms with Crippen LogP contribution in [0.3, 0.4) is 0 Å². The molecule has 0 amide bonds. The zero-order valence-electron chi connectivity index (χ0n) is 11.1. The van der Waals surface area contributed by atoms with Crippen LogP contribution in [0, 0.1) is 0 Å². The van der Waals surface area contributed by atoms with E-state index in [-0.39, 0.29) is 6.04 Å². The highest BCUT2D eigenvalue weighted by Crippen LogP contribution is 2.33. The average Bonchev–Trinajstić information content (AvgIpc) is 2.35. The largest absolute Gasteiger partial charge is 0.311 e. The van der Waals surface area contributed by atoms with Crippen LogP contribution in [-0.2, 0) is 0 Å². The van der Waals surface area contributed by atoms with Gasteiger partial charge in [-0.2, -0.15) is 0 Å². The number of benzene rings is 1. The van der Waals surface area contributed by atoms with Gasteiger partial charge in [0.1, 0.15) is 0 Å². The van der Waals surface area contributed by atoms with Crippen molar-refractivity contribution >= 4 is 23.2 Å². The molecule has 1 aromatic carbocycles. The molecule has 1 aliphatic rings. The van der Waals surface area contributed by atoms with Crippen molar-refractivity contribution in [2.45, 2.75) is 38.9 Å². The van der Waals surface area contributed by atoms with Gasteiger partial charge in [0.25, 0.3) is 0 Å². The van der Waals surface area contributed by atoms with Crippen LogP contribution in [0.25, 0.3) is 0 Å². The smallest absolute Gasteiger partial charge is 0.0640 e. The third kappa shape index (κ3) is 2.83. The minimum atomic E-state index is 0.288. The molecule has 1 aromatic rings. The van der Waals surface area contributed by atoms with Gasteiger partial charge in [-0.25, -0.2) is 0 Å². The molecule has 0 aromatic heterocycles. The maximum absolute atomic E-state index is 6.32. The first-order valence-electron chi connectivity index (χ1n) is 6.43. The summed E-state index contributed by atoms with van der Waals surface area (Å²) < 4.78 is 0. The molecule has 3 atom stereocenters. The number of halogens is 2. The Bertz CT molecular complexity index is 422. The SMILES string of the molecule is CC1CN(C(C)c2cccc(Cl)c2Cl)C(C)CN1. The molecule has 0 radical (unpaired) electrons. The average molecular weight is 287 g/mol. The van der Waals surface area contributed by atoms with Gasteiger partial charge < -0.3 is 5.32 Å². The molecule has 1 N–H and O–H groups in total. The molecule has 2 rings (SSSR count). The summed E-state index contributed by atoms with van der Waals surface area (Å²) in [6, 6.07) is 7.18. The predicted molar refractivity (Wildman–Crippen MR) is 78.5 cm³/mol. The Labute approximate surface area is 119 Å². The quantitative estimate of drug-likeness (QED) is 0.891. The van der Waals surface area contributed by atoms with E-state index in [2.05, 4.69) is 37.1 Å². The summed E-state index contributed by atoms with van der Waals surface area (Å²) in [4.78, 5) is 2.48. The molecule has 1 aliphatic heterocycles. The summed E-state index contributed by atoms with van der Waals surface area (Å²) in [6.45, 7) is 8.71. The van der Waals surface area contributed by atoms with Gasteiger partial charge in [-0.05, 0) is 32.4 Å². The highest BCUT2D eigenvalue weighted by molar-refractivity contribution is 6.42. The highest BCUT2D eigenvalue weighted by Gasteiger charge is 2.28. The lowest BCUT2D eigenvalue weighted by Gasteiger charge is -2.41. The summed E-state index contributed by atoms with van der Waals surface area (Å²) in [7, 11) is 0. The zero-order valence-corrected chi connectivity index (χ0v) is 12.6. The van der Waals surface area contributed by atoms with Crippen molar-refractivity contribution in [3.8, 4) is 0 Å². The van der Waals surface area contributed by atoms with Crippen molar-refractivity contribution in [3.05, 3.63) is 33.8 Å². The van der Waals surface area contributed by atoms with Crippen molar-refractivity contribution < 1.29 is 0 Å². The topological polar surface area (TPSA) is 15.3 Å². The molecule has 1 heterocycles. The Morgan fingerprint density at radius 1 is 1.33 bits per heavy atom. The standard InChI is InChI=1S/C14H20Cl2N2/c1-9-8-18(10(2)7-17-9)11(3)12-5-4-6-13(15)14(12)16/h4-6,9-11,17H,7-8H2,1-3H3. The van der Waals surface area contributed by atoms with Crippen LogP contribution < -0.4 is 5.32 Å². The fourth-order valence-electron chi connectivity index (χ4n) is 2.61. The fraction of sp³-hybridized carbons (Fsp3) is 0.571. The number of nitrogens with zero attached hydrogens (tertiary/aromatic N) is 1. The second-order valence-electron chi connectivity index (χ2n) is 5.17. The lowest BCUT2D eigenvalue weighted by atomic mass is 10.0. The summed E-state index contributed by atoms with van der Waals surface area (Å²) in [5, 5.41) is 4.81. The minimum absolute atomic E-state index is 0.288. The molecule has 0 saturated carbocycles. The lowest BCUT2D eigenvalue weighted by Crippen LogP contribution is -2.54. The summed E-state index contributed by atoms with van der Waals surface area (Å²) in [5.74, 6) is 0. The third-order valence-corrected chi connectivity index (χ3v) is 4.58. The fourth-order valence-corrected chi connectivity index (χ4v) is 3.08. The predicted octanol–water partition coefficient (Wildman–Crippen LogP) is 3.74. The Hall–Kier alpha value is -0.280. The Morgan fingerprint density at radius 3 is 2.78 bits per heavy atom. The molecule has 3 unspecified atom stereocenters. The Morgan fingerprint density at radius 2 is 2.06 bits per heavy atom. The highest BCUT2D eigenvalue weighted by atomic mass is 35.5. The summed E-state index contributed by atoms with van der Waals surface area (Å²) in [6.07, 6.45) is 0. The number of piperazine rings is 1. The third-order valence-electron chi connectivity index (χ3n) is 3.74. The van der Waals surface area contributed by atoms with E-state index in [1.807, 2.05) is 12.1 Å². The minimum Gasteiger partial charge on any atom is -0.311 e. The van der Waals surface area contributed by atoms with Gasteiger partial charge in [0.15, 0.2) is 0 Å². The van der Waals surface area contributed by atoms with E-state index in [0.717, 1.165) is 18.7 Å². The normalized spacial score (nSPS) is 27.2. The van der Waals surface area contributed by atoms with Crippen LogP contribution >= 0.6 is 23.2 Å². The Kier molecular flexibility index (Phi) is 4.54. The first kappa shape index (κ1) is 14.1. The van der Waals surface area contributed by atoms with Gasteiger partial charge in [-0.15, -0.1) is 0 Å². The van der Waals surface area contributed by atoms with Gasteiger partial charge in [-0.1, -0.05) is 35.3 Å². The number of hydrogen-bond donors (Lipinski definition) is 1. The van der Waals surface area contributed by atoms with Gasteiger partial charge in [-0.3, -0.25) is 4.90 Å². The Balaban J connectivity index is 2.24. The monoisotopic (exact) mass is 286 g/mol. The van der Waals surface area contributed by atoms with Gasteiger partial charge in [0.05, 0.1) is 10.0 Å². The van der Waals surface area contributed by atoms with E-state index in [4.69, 9.17) is 23.2 Å². The number of hydrogen-bond acceptors (Lipinski definition) is 2. The zero-order chi connectivity index (χ0) is 13.3. The van der Waals surface area contributed by atoms with Crippen molar-refractivity contribution in [1.82, 2.24) is 10.2 Å². The van der Waals surface area contributed by atoms with Crippen LogP contribution in [0.15, 0.2) is 18.2 Å². The molecular formula is C14H20Cl2N2. The molecule has 0 bridgehead atoms. The van der Waals surface area contributed by atoms with Gasteiger partial charge in [0, 0.05) is 31.2 Å². The second-order valence-corrected chi connectivity index (χ2v) is 5.96. The number of nitrogens with one attached hydrogen (secondary N) is 1. The van der Waals surface area contributed by atoms with Crippen LogP contribution in [0.5, 0.6) is 0 Å². The van der Waals surface area contributed by atoms with E-state index in [0.29, 0.717) is 22.1 Å². The summed E-state index contributed by atoms with van der Waals surface area (Å²) >= 11 is 12.4. The first-order valence-corrected chi connectivity index (χ1v) is 7.19. The van der Waals surface area contributed by atoms with Crippen LogP contribution in [0.2, 0.25) is 10.0 Å². The van der Waals surface area contributed by atoms with Crippen LogP contribution in [0.4, 0.5) is 0 Å². The molecule has 4 heteroatoms. The van der Waals surface area contributed by atoms with Crippen molar-refractivity contribution in [2.24, 2.45) is 0 Å². The van der Waals surface area contributed by atoms with E-state index in [1.165, 1.54) is 0 Å². The molecule has 0 aliphatic carbocycles. The summed E-state index contributed by atoms with van der Waals surface area (Å²) in [5.41, 5.74) is 1.12. The van der Waals surface area contributed by atoms with Crippen molar-refractivity contribution in [2.75, 3.05) is 13.1 Å². The number of rotatable bonds is 2. The second kappa shape index (κ2) is 5.79. The maximum Gasteiger partial charge on any atom is 0.0640 e. The maximum atomic E-state index is 6.32. The van der Waals surface area contributed by atoms with E-state index in [9.17, 15) is 0 Å². The van der Waals surface area contributed by atoms with E-state index >= 15 is 0 Å². The van der Waals surface area contributed by atoms with Crippen molar-refractivity contribution in [1.29, 1.82) is 0 Å².